The predicted molar refractivity (Wildman–Crippen MR) is 93.1 cm³/mol. The quantitative estimate of drug-likeness (QED) is 0.737. The van der Waals surface area contributed by atoms with Crippen molar-refractivity contribution in [2.24, 2.45) is 5.92 Å². The highest BCUT2D eigenvalue weighted by Gasteiger charge is 2.24. The second-order valence-electron chi connectivity index (χ2n) is 5.77. The lowest BCUT2D eigenvalue weighted by Gasteiger charge is -2.32. The van der Waals surface area contributed by atoms with Crippen LogP contribution in [0.3, 0.4) is 0 Å². The van der Waals surface area contributed by atoms with E-state index in [0.717, 1.165) is 12.8 Å². The van der Waals surface area contributed by atoms with Crippen molar-refractivity contribution < 1.29 is 19.4 Å². The molecule has 1 aromatic carbocycles. The van der Waals surface area contributed by atoms with E-state index in [0.29, 0.717) is 35.3 Å². The molecule has 0 saturated carbocycles. The lowest BCUT2D eigenvalue weighted by molar-refractivity contribution is -0.137. The fourth-order valence-corrected chi connectivity index (χ4v) is 3.29. The summed E-state index contributed by atoms with van der Waals surface area (Å²) in [5, 5.41) is 9.67. The lowest BCUT2D eigenvalue weighted by atomic mass is 9.93. The molecule has 2 rings (SSSR count). The van der Waals surface area contributed by atoms with Crippen LogP contribution in [0.25, 0.3) is 0 Å². The zero-order valence-corrected chi connectivity index (χ0v) is 15.2. The van der Waals surface area contributed by atoms with Crippen molar-refractivity contribution in [2.45, 2.75) is 25.7 Å². The van der Waals surface area contributed by atoms with Crippen molar-refractivity contribution >= 4 is 46.7 Å². The van der Waals surface area contributed by atoms with Gasteiger partial charge in [-0.3, -0.25) is 9.59 Å². The van der Waals surface area contributed by atoms with Gasteiger partial charge in [-0.05, 0) is 31.2 Å². The van der Waals surface area contributed by atoms with Crippen molar-refractivity contribution in [3.8, 4) is 5.75 Å². The molecule has 24 heavy (non-hydrogen) atoms. The fourth-order valence-electron chi connectivity index (χ4n) is 2.70. The van der Waals surface area contributed by atoms with Gasteiger partial charge >= 0.3 is 5.97 Å². The van der Waals surface area contributed by atoms with E-state index in [1.54, 1.807) is 4.90 Å². The van der Waals surface area contributed by atoms with Crippen LogP contribution >= 0.6 is 34.8 Å². The maximum Gasteiger partial charge on any atom is 0.303 e. The smallest absolute Gasteiger partial charge is 0.303 e. The summed E-state index contributed by atoms with van der Waals surface area (Å²) in [7, 11) is 0. The van der Waals surface area contributed by atoms with Crippen LogP contribution in [-0.2, 0) is 9.59 Å². The van der Waals surface area contributed by atoms with Gasteiger partial charge in [0.05, 0.1) is 15.1 Å². The van der Waals surface area contributed by atoms with E-state index in [2.05, 4.69) is 0 Å². The van der Waals surface area contributed by atoms with Crippen LogP contribution in [-0.4, -0.2) is 41.6 Å². The molecule has 0 aliphatic carbocycles. The monoisotopic (exact) mass is 393 g/mol. The van der Waals surface area contributed by atoms with E-state index in [1.807, 2.05) is 0 Å². The van der Waals surface area contributed by atoms with Crippen LogP contribution in [0.15, 0.2) is 12.1 Å². The molecule has 0 aromatic heterocycles. The first-order chi connectivity index (χ1) is 11.4. The van der Waals surface area contributed by atoms with Gasteiger partial charge in [0.25, 0.3) is 5.91 Å². The Hall–Kier alpha value is -1.17. The van der Waals surface area contributed by atoms with E-state index in [-0.39, 0.29) is 29.9 Å². The minimum absolute atomic E-state index is 0.127. The summed E-state index contributed by atoms with van der Waals surface area (Å²) >= 11 is 17.8. The molecule has 1 aliphatic rings. The minimum Gasteiger partial charge on any atom is -0.482 e. The molecule has 0 bridgehead atoms. The average molecular weight is 395 g/mol. The molecule has 1 N–H and O–H groups in total. The molecule has 5 nitrogen and oxygen atoms in total. The third-order valence-corrected chi connectivity index (χ3v) is 4.98. The number of amides is 1. The number of carbonyl (C=O) groups is 2. The summed E-state index contributed by atoms with van der Waals surface area (Å²) in [4.78, 5) is 24.7. The third-order valence-electron chi connectivity index (χ3n) is 3.96. The summed E-state index contributed by atoms with van der Waals surface area (Å²) in [5.41, 5.74) is 0. The van der Waals surface area contributed by atoms with Crippen LogP contribution in [0.4, 0.5) is 0 Å². The van der Waals surface area contributed by atoms with Gasteiger partial charge in [0.2, 0.25) is 0 Å². The minimum atomic E-state index is -0.809. The molecule has 1 aliphatic heterocycles. The molecule has 8 heteroatoms. The molecule has 132 valence electrons. The van der Waals surface area contributed by atoms with Crippen molar-refractivity contribution in [1.29, 1.82) is 0 Å². The first-order valence-corrected chi connectivity index (χ1v) is 8.77. The predicted octanol–water partition coefficient (Wildman–Crippen LogP) is 4.13. The van der Waals surface area contributed by atoms with Gasteiger partial charge in [0, 0.05) is 25.6 Å². The number of carboxylic acids is 1. The number of hydrogen-bond acceptors (Lipinski definition) is 3. The highest BCUT2D eigenvalue weighted by atomic mass is 35.5. The molecular weight excluding hydrogens is 377 g/mol. The number of nitrogens with zero attached hydrogens (tertiary/aromatic N) is 1. The van der Waals surface area contributed by atoms with Gasteiger partial charge in [-0.25, -0.2) is 0 Å². The van der Waals surface area contributed by atoms with E-state index < -0.39 is 5.97 Å². The first kappa shape index (κ1) is 19.2. The molecular formula is C16H18Cl3NO4. The fraction of sp³-hybridized carbons (Fsp3) is 0.500. The van der Waals surface area contributed by atoms with Crippen molar-refractivity contribution in [3.63, 3.8) is 0 Å². The number of piperidine rings is 1. The molecule has 1 unspecified atom stereocenters. The number of rotatable bonds is 6. The molecule has 1 saturated heterocycles. The number of carboxylic acid groups (broad SMARTS) is 1. The second-order valence-corrected chi connectivity index (χ2v) is 6.99. The number of benzene rings is 1. The number of carbonyl (C=O) groups excluding carboxylic acids is 1. The molecule has 1 heterocycles. The largest absolute Gasteiger partial charge is 0.482 e. The Morgan fingerprint density at radius 2 is 1.92 bits per heavy atom. The Bertz CT molecular complexity index is 624. The number of aliphatic carboxylic acids is 1. The second kappa shape index (κ2) is 8.79. The van der Waals surface area contributed by atoms with Crippen LogP contribution in [0.2, 0.25) is 15.1 Å². The standard InChI is InChI=1S/C16H18Cl3NO4/c17-11-6-13(19)14(7-12(11)18)24-9-15(21)20-5-1-2-10(8-20)3-4-16(22)23/h6-7,10H,1-5,8-9H2,(H,22,23). The molecule has 1 aromatic rings. The van der Waals surface area contributed by atoms with Gasteiger partial charge in [0.1, 0.15) is 5.75 Å². The van der Waals surface area contributed by atoms with Crippen LogP contribution < -0.4 is 4.74 Å². The molecule has 1 fully saturated rings. The summed E-state index contributed by atoms with van der Waals surface area (Å²) in [6.07, 6.45) is 2.51. The van der Waals surface area contributed by atoms with E-state index >= 15 is 0 Å². The molecule has 0 radical (unpaired) electrons. The maximum absolute atomic E-state index is 12.3. The molecule has 1 amide bonds. The molecule has 0 spiro atoms. The summed E-state index contributed by atoms with van der Waals surface area (Å²) in [5.74, 6) is -0.445. The van der Waals surface area contributed by atoms with Crippen molar-refractivity contribution in [2.75, 3.05) is 19.7 Å². The summed E-state index contributed by atoms with van der Waals surface area (Å²) < 4.78 is 5.46. The first-order valence-electron chi connectivity index (χ1n) is 7.63. The lowest BCUT2D eigenvalue weighted by Crippen LogP contribution is -2.42. The zero-order valence-electron chi connectivity index (χ0n) is 12.9. The van der Waals surface area contributed by atoms with E-state index in [9.17, 15) is 9.59 Å². The maximum atomic E-state index is 12.3. The van der Waals surface area contributed by atoms with Gasteiger partial charge in [-0.1, -0.05) is 34.8 Å². The number of hydrogen-bond donors (Lipinski definition) is 1. The van der Waals surface area contributed by atoms with Gasteiger partial charge < -0.3 is 14.7 Å². The highest BCUT2D eigenvalue weighted by molar-refractivity contribution is 6.43. The van der Waals surface area contributed by atoms with Gasteiger partial charge in [0.15, 0.2) is 6.61 Å². The SMILES string of the molecule is O=C(O)CCC1CCCN(C(=O)COc2cc(Cl)c(Cl)cc2Cl)C1. The Balaban J connectivity index is 1.88. The Morgan fingerprint density at radius 3 is 2.62 bits per heavy atom. The van der Waals surface area contributed by atoms with Crippen molar-refractivity contribution in [3.05, 3.63) is 27.2 Å². The number of halogens is 3. The van der Waals surface area contributed by atoms with Crippen LogP contribution in [0.1, 0.15) is 25.7 Å². The van der Waals surface area contributed by atoms with Gasteiger partial charge in [-0.15, -0.1) is 0 Å². The van der Waals surface area contributed by atoms with Crippen LogP contribution in [0.5, 0.6) is 5.75 Å². The Labute approximate surface area is 155 Å². The Morgan fingerprint density at radius 1 is 1.21 bits per heavy atom. The third kappa shape index (κ3) is 5.43. The van der Waals surface area contributed by atoms with E-state index in [4.69, 9.17) is 44.6 Å². The van der Waals surface area contributed by atoms with Crippen LogP contribution in [0, 0.1) is 5.92 Å². The number of ether oxygens (including phenoxy) is 1. The number of likely N-dealkylation sites (tertiary alicyclic amines) is 1. The molecule has 1 atom stereocenters. The normalized spacial score (nSPS) is 17.6. The summed E-state index contributed by atoms with van der Waals surface area (Å²) in [6, 6.07) is 2.94. The average Bonchev–Trinajstić information content (AvgIpc) is 2.55. The highest BCUT2D eigenvalue weighted by Crippen LogP contribution is 2.33. The Kier molecular flexibility index (Phi) is 7.02. The zero-order chi connectivity index (χ0) is 17.7. The van der Waals surface area contributed by atoms with Gasteiger partial charge in [-0.2, -0.15) is 0 Å². The summed E-state index contributed by atoms with van der Waals surface area (Å²) in [6.45, 7) is 1.06. The topological polar surface area (TPSA) is 66.8 Å². The van der Waals surface area contributed by atoms with Crippen molar-refractivity contribution in [1.82, 2.24) is 4.90 Å². The van der Waals surface area contributed by atoms with E-state index in [1.165, 1.54) is 12.1 Å².